The molecule has 9 heteroatoms. The van der Waals surface area contributed by atoms with Crippen molar-refractivity contribution in [3.63, 3.8) is 0 Å². The minimum absolute atomic E-state index is 0.253. The highest BCUT2D eigenvalue weighted by atomic mass is 35.5. The van der Waals surface area contributed by atoms with Crippen LogP contribution in [0.4, 0.5) is 10.6 Å². The molecule has 0 aliphatic rings. The number of fused-ring (bicyclic) bond motifs is 1. The predicted octanol–water partition coefficient (Wildman–Crippen LogP) is 2.44. The van der Waals surface area contributed by atoms with E-state index in [4.69, 9.17) is 11.6 Å². The second kappa shape index (κ2) is 6.88. The highest BCUT2D eigenvalue weighted by Crippen LogP contribution is 2.16. The van der Waals surface area contributed by atoms with Crippen molar-refractivity contribution in [1.29, 1.82) is 0 Å². The number of carbonyl (C=O) groups is 1. The number of urea groups is 1. The van der Waals surface area contributed by atoms with E-state index in [1.54, 1.807) is 41.1 Å². The Bertz CT molecular complexity index is 857. The van der Waals surface area contributed by atoms with Crippen LogP contribution in [0.2, 0.25) is 5.15 Å². The van der Waals surface area contributed by atoms with Crippen LogP contribution in [0.5, 0.6) is 0 Å². The summed E-state index contributed by atoms with van der Waals surface area (Å²) in [6, 6.07) is -0.253. The number of carbonyl (C=O) groups excluding carboxylic acids is 1. The second-order valence-electron chi connectivity index (χ2n) is 5.44. The molecule has 1 N–H and O–H groups in total. The lowest BCUT2D eigenvalue weighted by Crippen LogP contribution is -2.33. The van der Waals surface area contributed by atoms with Gasteiger partial charge in [0.1, 0.15) is 11.0 Å². The smallest absolute Gasteiger partial charge is 0.322 e. The lowest BCUT2D eigenvalue weighted by molar-refractivity contribution is 0.221. The zero-order chi connectivity index (χ0) is 17.1. The van der Waals surface area contributed by atoms with Crippen LogP contribution in [-0.2, 0) is 6.54 Å². The van der Waals surface area contributed by atoms with Crippen molar-refractivity contribution < 1.29 is 4.79 Å². The lowest BCUT2D eigenvalue weighted by Gasteiger charge is -2.18. The number of imidazole rings is 2. The van der Waals surface area contributed by atoms with Gasteiger partial charge in [-0.05, 0) is 13.3 Å². The van der Waals surface area contributed by atoms with E-state index in [0.717, 1.165) is 18.8 Å². The number of nitrogens with one attached hydrogen (secondary N) is 1. The molecule has 0 saturated heterocycles. The number of amides is 2. The third-order valence-corrected chi connectivity index (χ3v) is 3.92. The van der Waals surface area contributed by atoms with Crippen molar-refractivity contribution in [2.75, 3.05) is 18.9 Å². The number of rotatable bonds is 5. The van der Waals surface area contributed by atoms with Gasteiger partial charge in [-0.15, -0.1) is 0 Å². The summed E-state index contributed by atoms with van der Waals surface area (Å²) >= 11 is 5.97. The van der Waals surface area contributed by atoms with Crippen LogP contribution in [0, 0.1) is 6.92 Å². The van der Waals surface area contributed by atoms with E-state index in [1.165, 1.54) is 0 Å². The van der Waals surface area contributed by atoms with Crippen molar-refractivity contribution in [2.45, 2.75) is 19.9 Å². The molecule has 0 aromatic carbocycles. The van der Waals surface area contributed by atoms with E-state index >= 15 is 0 Å². The van der Waals surface area contributed by atoms with E-state index in [0.29, 0.717) is 18.0 Å². The number of halogens is 1. The zero-order valence-corrected chi connectivity index (χ0v) is 14.2. The van der Waals surface area contributed by atoms with Crippen LogP contribution in [0.1, 0.15) is 12.2 Å². The Morgan fingerprint density at radius 3 is 2.88 bits per heavy atom. The van der Waals surface area contributed by atoms with Crippen molar-refractivity contribution >= 4 is 29.1 Å². The number of aromatic nitrogens is 5. The summed E-state index contributed by atoms with van der Waals surface area (Å²) in [7, 11) is 1.74. The molecule has 8 nitrogen and oxygen atoms in total. The van der Waals surface area contributed by atoms with E-state index in [2.05, 4.69) is 24.8 Å². The molecule has 24 heavy (non-hydrogen) atoms. The van der Waals surface area contributed by atoms with Gasteiger partial charge in [-0.2, -0.15) is 0 Å². The largest absolute Gasteiger partial charge is 0.335 e. The Kier molecular flexibility index (Phi) is 4.66. The van der Waals surface area contributed by atoms with Gasteiger partial charge in [0.25, 0.3) is 0 Å². The van der Waals surface area contributed by atoms with Crippen molar-refractivity contribution in [2.24, 2.45) is 0 Å². The molecule has 0 atom stereocenters. The molecule has 3 aromatic heterocycles. The van der Waals surface area contributed by atoms with Gasteiger partial charge < -0.3 is 13.9 Å². The number of hydrogen-bond donors (Lipinski definition) is 1. The average molecular weight is 348 g/mol. The van der Waals surface area contributed by atoms with Gasteiger partial charge in [0.05, 0.1) is 0 Å². The van der Waals surface area contributed by atoms with Crippen molar-refractivity contribution in [3.8, 4) is 0 Å². The van der Waals surface area contributed by atoms with Gasteiger partial charge in [-0.25, -0.2) is 19.7 Å². The fourth-order valence-electron chi connectivity index (χ4n) is 2.40. The first kappa shape index (κ1) is 16.3. The minimum atomic E-state index is -0.253. The van der Waals surface area contributed by atoms with E-state index in [1.807, 2.05) is 13.1 Å². The molecule has 0 aliphatic heterocycles. The van der Waals surface area contributed by atoms with Gasteiger partial charge in [0.15, 0.2) is 11.5 Å². The molecule has 0 unspecified atom stereocenters. The third kappa shape index (κ3) is 3.48. The Morgan fingerprint density at radius 2 is 2.12 bits per heavy atom. The topological polar surface area (TPSA) is 80.4 Å². The summed E-state index contributed by atoms with van der Waals surface area (Å²) in [5.41, 5.74) is 0.551. The summed E-state index contributed by atoms with van der Waals surface area (Å²) in [6.07, 6.45) is 9.53. The maximum Gasteiger partial charge on any atom is 0.322 e. The van der Waals surface area contributed by atoms with E-state index < -0.39 is 0 Å². The highest BCUT2D eigenvalue weighted by molar-refractivity contribution is 6.29. The zero-order valence-electron chi connectivity index (χ0n) is 13.5. The fraction of sp³-hybridized carbons (Fsp3) is 0.333. The normalized spacial score (nSPS) is 11.0. The summed E-state index contributed by atoms with van der Waals surface area (Å²) in [5, 5.41) is 3.04. The molecule has 3 rings (SSSR count). The quantitative estimate of drug-likeness (QED) is 0.768. The number of hydrogen-bond acceptors (Lipinski definition) is 4. The average Bonchev–Trinajstić information content (AvgIpc) is 3.16. The van der Waals surface area contributed by atoms with E-state index in [-0.39, 0.29) is 11.2 Å². The van der Waals surface area contributed by atoms with Gasteiger partial charge in [0, 0.05) is 51.1 Å². The third-order valence-electron chi connectivity index (χ3n) is 3.73. The molecule has 3 aromatic rings. The molecule has 0 aliphatic carbocycles. The minimum Gasteiger partial charge on any atom is -0.335 e. The van der Waals surface area contributed by atoms with E-state index in [9.17, 15) is 4.79 Å². The first-order chi connectivity index (χ1) is 11.5. The highest BCUT2D eigenvalue weighted by Gasteiger charge is 2.13. The van der Waals surface area contributed by atoms with Gasteiger partial charge >= 0.3 is 6.03 Å². The van der Waals surface area contributed by atoms with Gasteiger partial charge in [0.2, 0.25) is 0 Å². The molecule has 126 valence electrons. The molecule has 0 bridgehead atoms. The Hall–Kier alpha value is -2.61. The maximum absolute atomic E-state index is 12.3. The Morgan fingerprint density at radius 1 is 1.33 bits per heavy atom. The van der Waals surface area contributed by atoms with Crippen LogP contribution in [0.15, 0.2) is 31.0 Å². The molecule has 0 radical (unpaired) electrons. The summed E-state index contributed by atoms with van der Waals surface area (Å²) in [4.78, 5) is 26.4. The fourth-order valence-corrected chi connectivity index (χ4v) is 2.59. The van der Waals surface area contributed by atoms with Crippen LogP contribution in [0.25, 0.3) is 5.65 Å². The van der Waals surface area contributed by atoms with Crippen molar-refractivity contribution in [3.05, 3.63) is 42.0 Å². The maximum atomic E-state index is 12.3. The van der Waals surface area contributed by atoms with Crippen molar-refractivity contribution in [1.82, 2.24) is 28.8 Å². The van der Waals surface area contributed by atoms with Crippen LogP contribution >= 0.6 is 11.6 Å². The lowest BCUT2D eigenvalue weighted by atomic mass is 10.4. The second-order valence-corrected chi connectivity index (χ2v) is 5.83. The molecule has 0 spiro atoms. The summed E-state index contributed by atoms with van der Waals surface area (Å²) in [5.74, 6) is 1.31. The summed E-state index contributed by atoms with van der Waals surface area (Å²) < 4.78 is 3.77. The van der Waals surface area contributed by atoms with Gasteiger partial charge in [-0.1, -0.05) is 11.6 Å². The molecular weight excluding hydrogens is 330 g/mol. The Balaban J connectivity index is 1.59. The monoisotopic (exact) mass is 347 g/mol. The summed E-state index contributed by atoms with van der Waals surface area (Å²) in [6.45, 7) is 3.37. The predicted molar refractivity (Wildman–Crippen MR) is 91.2 cm³/mol. The first-order valence-electron chi connectivity index (χ1n) is 7.53. The molecule has 0 saturated carbocycles. The number of anilines is 1. The number of nitrogens with zero attached hydrogens (tertiary/aromatic N) is 6. The first-order valence-corrected chi connectivity index (χ1v) is 7.91. The number of aryl methyl sites for hydroxylation is 2. The molecular formula is C15H18ClN7O. The van der Waals surface area contributed by atoms with Gasteiger partial charge in [-0.3, -0.25) is 5.32 Å². The molecule has 0 fully saturated rings. The molecule has 3 heterocycles. The van der Waals surface area contributed by atoms with Crippen LogP contribution in [-0.4, -0.2) is 48.4 Å². The standard InChI is InChI=1S/C15H18ClN7O/c1-11-17-4-8-22(11)7-3-6-21(2)15(24)20-13-14-18-5-9-23(14)10-12(16)19-13/h4-5,8-10H,3,6-7H2,1-2H3,(H,19,20,24). The SMILES string of the molecule is Cc1nccn1CCCN(C)C(=O)Nc1nc(Cl)cn2ccnc12. The molecule has 2 amide bonds. The Labute approximate surface area is 144 Å². The van der Waals surface area contributed by atoms with Crippen LogP contribution < -0.4 is 5.32 Å². The van der Waals surface area contributed by atoms with Crippen LogP contribution in [0.3, 0.4) is 0 Å².